The first-order valence-electron chi connectivity index (χ1n) is 10.2. The van der Waals surface area contributed by atoms with Gasteiger partial charge in [-0.05, 0) is 31.2 Å². The van der Waals surface area contributed by atoms with Crippen molar-refractivity contribution < 1.29 is 9.53 Å². The largest absolute Gasteiger partial charge is 0.487 e. The van der Waals surface area contributed by atoms with Crippen LogP contribution in [0.1, 0.15) is 16.3 Å². The van der Waals surface area contributed by atoms with Crippen LogP contribution in [-0.2, 0) is 11.4 Å². The number of carbonyl (C=O) groups excluding carboxylic acids is 1. The Kier molecular flexibility index (Phi) is 6.89. The van der Waals surface area contributed by atoms with Gasteiger partial charge in [0.1, 0.15) is 12.4 Å². The van der Waals surface area contributed by atoms with E-state index < -0.39 is 0 Å². The first kappa shape index (κ1) is 21.4. The van der Waals surface area contributed by atoms with E-state index in [9.17, 15) is 4.79 Å². The van der Waals surface area contributed by atoms with Crippen LogP contribution in [-0.4, -0.2) is 42.0 Å². The van der Waals surface area contributed by atoms with Crippen molar-refractivity contribution in [2.24, 2.45) is 0 Å². The maximum absolute atomic E-state index is 12.7. The molecular weight excluding hydrogens is 430 g/mol. The number of rotatable bonds is 6. The number of benzene rings is 2. The van der Waals surface area contributed by atoms with Gasteiger partial charge in [0.15, 0.2) is 0 Å². The molecule has 3 aromatic rings. The SMILES string of the molecule is Cc1nc(COc2ccccc2/C=C/C(=O)N2CCN(c3ccccc3Cl)CC2)cs1. The first-order chi connectivity index (χ1) is 15.1. The third kappa shape index (κ3) is 5.46. The molecule has 0 saturated carbocycles. The lowest BCUT2D eigenvalue weighted by Gasteiger charge is -2.36. The summed E-state index contributed by atoms with van der Waals surface area (Å²) in [6.45, 7) is 5.23. The number of hydrogen-bond donors (Lipinski definition) is 0. The smallest absolute Gasteiger partial charge is 0.246 e. The van der Waals surface area contributed by atoms with Crippen molar-refractivity contribution >= 4 is 40.6 Å². The molecule has 1 aliphatic heterocycles. The Bertz CT molecular complexity index is 1070. The van der Waals surface area contributed by atoms with E-state index in [2.05, 4.69) is 9.88 Å². The summed E-state index contributed by atoms with van der Waals surface area (Å²) in [7, 11) is 0. The highest BCUT2D eigenvalue weighted by atomic mass is 35.5. The van der Waals surface area contributed by atoms with Gasteiger partial charge in [0.25, 0.3) is 0 Å². The average Bonchev–Trinajstić information content (AvgIpc) is 3.22. The maximum Gasteiger partial charge on any atom is 0.246 e. The standard InChI is InChI=1S/C24H24ClN3O2S/c1-18-26-20(17-31-18)16-30-23-9-5-2-6-19(23)10-11-24(29)28-14-12-27(13-15-28)22-8-4-3-7-21(22)25/h2-11,17H,12-16H2,1H3/b11-10+. The van der Waals surface area contributed by atoms with E-state index in [4.69, 9.17) is 16.3 Å². The summed E-state index contributed by atoms with van der Waals surface area (Å²) in [4.78, 5) is 21.2. The summed E-state index contributed by atoms with van der Waals surface area (Å²) in [6, 6.07) is 15.5. The highest BCUT2D eigenvalue weighted by Crippen LogP contribution is 2.26. The lowest BCUT2D eigenvalue weighted by Crippen LogP contribution is -2.48. The molecule has 0 radical (unpaired) electrons. The van der Waals surface area contributed by atoms with Crippen LogP contribution in [0.4, 0.5) is 5.69 Å². The quantitative estimate of drug-likeness (QED) is 0.490. The minimum atomic E-state index is 0.00346. The molecule has 4 rings (SSSR count). The molecule has 0 atom stereocenters. The second-order valence-corrected chi connectivity index (χ2v) is 8.75. The highest BCUT2D eigenvalue weighted by molar-refractivity contribution is 7.09. The van der Waals surface area contributed by atoms with Gasteiger partial charge in [-0.15, -0.1) is 11.3 Å². The maximum atomic E-state index is 12.7. The van der Waals surface area contributed by atoms with E-state index in [1.54, 1.807) is 17.4 Å². The number of carbonyl (C=O) groups is 1. The van der Waals surface area contributed by atoms with Gasteiger partial charge in [-0.25, -0.2) is 4.98 Å². The molecule has 0 aliphatic carbocycles. The highest BCUT2D eigenvalue weighted by Gasteiger charge is 2.21. The fourth-order valence-corrected chi connectivity index (χ4v) is 4.37. The third-order valence-electron chi connectivity index (χ3n) is 5.15. The summed E-state index contributed by atoms with van der Waals surface area (Å²) in [5.74, 6) is 0.740. The van der Waals surface area contributed by atoms with Crippen LogP contribution < -0.4 is 9.64 Å². The van der Waals surface area contributed by atoms with Crippen LogP contribution >= 0.6 is 22.9 Å². The van der Waals surface area contributed by atoms with Crippen LogP contribution in [0.2, 0.25) is 5.02 Å². The summed E-state index contributed by atoms with van der Waals surface area (Å²) in [5, 5.41) is 3.76. The van der Waals surface area contributed by atoms with Crippen LogP contribution in [0, 0.1) is 6.92 Å². The number of nitrogens with zero attached hydrogens (tertiary/aromatic N) is 3. The molecule has 0 N–H and O–H groups in total. The fraction of sp³-hybridized carbons (Fsp3) is 0.250. The summed E-state index contributed by atoms with van der Waals surface area (Å²) < 4.78 is 5.94. The van der Waals surface area contributed by atoms with Crippen molar-refractivity contribution in [3.63, 3.8) is 0 Å². The average molecular weight is 454 g/mol. The monoisotopic (exact) mass is 453 g/mol. The van der Waals surface area contributed by atoms with Crippen molar-refractivity contribution in [2.45, 2.75) is 13.5 Å². The lowest BCUT2D eigenvalue weighted by molar-refractivity contribution is -0.126. The third-order valence-corrected chi connectivity index (χ3v) is 6.29. The second-order valence-electron chi connectivity index (χ2n) is 7.28. The molecular formula is C24H24ClN3O2S. The van der Waals surface area contributed by atoms with Gasteiger partial charge in [-0.3, -0.25) is 4.79 Å². The van der Waals surface area contributed by atoms with E-state index in [1.807, 2.05) is 71.8 Å². The molecule has 1 aliphatic rings. The number of halogens is 1. The molecule has 0 spiro atoms. The summed E-state index contributed by atoms with van der Waals surface area (Å²) >= 11 is 7.91. The number of para-hydroxylation sites is 2. The number of amides is 1. The van der Waals surface area contributed by atoms with Gasteiger partial charge in [0.2, 0.25) is 5.91 Å². The predicted molar refractivity (Wildman–Crippen MR) is 127 cm³/mol. The molecule has 1 saturated heterocycles. The fourth-order valence-electron chi connectivity index (χ4n) is 3.52. The topological polar surface area (TPSA) is 45.7 Å². The van der Waals surface area contributed by atoms with Crippen molar-refractivity contribution in [2.75, 3.05) is 31.1 Å². The molecule has 1 fully saturated rings. The van der Waals surface area contributed by atoms with Gasteiger partial charge in [0.05, 0.1) is 21.4 Å². The molecule has 1 amide bonds. The van der Waals surface area contributed by atoms with Crippen molar-refractivity contribution in [1.29, 1.82) is 0 Å². The number of anilines is 1. The second kappa shape index (κ2) is 9.98. The molecule has 160 valence electrons. The number of ether oxygens (including phenoxy) is 1. The molecule has 31 heavy (non-hydrogen) atoms. The van der Waals surface area contributed by atoms with E-state index in [0.717, 1.165) is 45.8 Å². The van der Waals surface area contributed by atoms with E-state index in [0.29, 0.717) is 19.7 Å². The molecule has 5 nitrogen and oxygen atoms in total. The molecule has 7 heteroatoms. The Hall–Kier alpha value is -2.83. The minimum absolute atomic E-state index is 0.00346. The Balaban J connectivity index is 1.35. The Morgan fingerprint density at radius 1 is 1.13 bits per heavy atom. The van der Waals surface area contributed by atoms with Gasteiger partial charge in [-0.2, -0.15) is 0 Å². The number of hydrogen-bond acceptors (Lipinski definition) is 5. The minimum Gasteiger partial charge on any atom is -0.487 e. The van der Waals surface area contributed by atoms with E-state index in [1.165, 1.54) is 0 Å². The summed E-state index contributed by atoms with van der Waals surface area (Å²) in [5.41, 5.74) is 2.81. The predicted octanol–water partition coefficient (Wildman–Crippen LogP) is 5.05. The molecule has 0 bridgehead atoms. The lowest BCUT2D eigenvalue weighted by atomic mass is 10.1. The molecule has 2 heterocycles. The Morgan fingerprint density at radius 3 is 2.61 bits per heavy atom. The zero-order valence-electron chi connectivity index (χ0n) is 17.3. The van der Waals surface area contributed by atoms with E-state index in [-0.39, 0.29) is 5.91 Å². The Labute approximate surface area is 191 Å². The van der Waals surface area contributed by atoms with Crippen LogP contribution in [0.15, 0.2) is 60.0 Å². The van der Waals surface area contributed by atoms with Crippen LogP contribution in [0.3, 0.4) is 0 Å². The van der Waals surface area contributed by atoms with Crippen LogP contribution in [0.5, 0.6) is 5.75 Å². The Morgan fingerprint density at radius 2 is 1.87 bits per heavy atom. The molecule has 0 unspecified atom stereocenters. The number of thiazole rings is 1. The molecule has 1 aromatic heterocycles. The normalized spacial score (nSPS) is 14.3. The zero-order chi connectivity index (χ0) is 21.6. The summed E-state index contributed by atoms with van der Waals surface area (Å²) in [6.07, 6.45) is 3.45. The number of aromatic nitrogens is 1. The number of aryl methyl sites for hydroxylation is 1. The van der Waals surface area contributed by atoms with Gasteiger partial charge in [0, 0.05) is 43.2 Å². The first-order valence-corrected chi connectivity index (χ1v) is 11.5. The zero-order valence-corrected chi connectivity index (χ0v) is 18.9. The molecule has 2 aromatic carbocycles. The van der Waals surface area contributed by atoms with Gasteiger partial charge in [-0.1, -0.05) is 41.9 Å². The van der Waals surface area contributed by atoms with Crippen molar-refractivity contribution in [3.8, 4) is 5.75 Å². The van der Waals surface area contributed by atoms with E-state index >= 15 is 0 Å². The van der Waals surface area contributed by atoms with Crippen molar-refractivity contribution in [1.82, 2.24) is 9.88 Å². The van der Waals surface area contributed by atoms with Crippen LogP contribution in [0.25, 0.3) is 6.08 Å². The van der Waals surface area contributed by atoms with Gasteiger partial charge >= 0.3 is 0 Å². The van der Waals surface area contributed by atoms with Crippen molar-refractivity contribution in [3.05, 3.63) is 81.3 Å². The van der Waals surface area contributed by atoms with Gasteiger partial charge < -0.3 is 14.5 Å². The number of piperazine rings is 1.